The lowest BCUT2D eigenvalue weighted by Gasteiger charge is -2.09. The van der Waals surface area contributed by atoms with Gasteiger partial charge < -0.3 is 5.43 Å². The molecule has 0 heterocycles. The minimum absolute atomic E-state index is 0.906. The fourth-order valence-corrected chi connectivity index (χ4v) is 1.52. The number of anilines is 1. The fourth-order valence-electron chi connectivity index (χ4n) is 1.52. The van der Waals surface area contributed by atoms with Crippen molar-refractivity contribution in [2.75, 3.05) is 12.0 Å². The second kappa shape index (κ2) is 4.11. The first-order valence-electron chi connectivity index (χ1n) is 4.88. The molecule has 0 bridgehead atoms. The summed E-state index contributed by atoms with van der Waals surface area (Å²) in [5, 5.41) is 2.51. The lowest BCUT2D eigenvalue weighted by molar-refractivity contribution is 0.846. The molecule has 0 saturated carbocycles. The van der Waals surface area contributed by atoms with Crippen LogP contribution in [0.1, 0.15) is 6.92 Å². The summed E-state index contributed by atoms with van der Waals surface area (Å²) in [7, 11) is 0. The monoisotopic (exact) mass is 186 g/mol. The predicted octanol–water partition coefficient (Wildman–Crippen LogP) is 2.78. The lowest BCUT2D eigenvalue weighted by atomic mass is 10.1. The van der Waals surface area contributed by atoms with Crippen molar-refractivity contribution in [3.63, 3.8) is 0 Å². The van der Waals surface area contributed by atoms with Crippen LogP contribution in [0, 0.1) is 0 Å². The number of benzene rings is 2. The molecule has 2 rings (SSSR count). The van der Waals surface area contributed by atoms with Gasteiger partial charge in [0.1, 0.15) is 0 Å². The molecule has 0 unspecified atom stereocenters. The highest BCUT2D eigenvalue weighted by atomic mass is 15.3. The van der Waals surface area contributed by atoms with E-state index in [1.807, 2.05) is 0 Å². The van der Waals surface area contributed by atoms with Gasteiger partial charge in [-0.05, 0) is 11.5 Å². The van der Waals surface area contributed by atoms with Gasteiger partial charge in [0.05, 0.1) is 5.69 Å². The summed E-state index contributed by atoms with van der Waals surface area (Å²) < 4.78 is 0. The summed E-state index contributed by atoms with van der Waals surface area (Å²) in [6.45, 7) is 2.97. The molecule has 2 heteroatoms. The maximum atomic E-state index is 3.19. The Morgan fingerprint density at radius 2 is 1.79 bits per heavy atom. The molecule has 14 heavy (non-hydrogen) atoms. The molecular weight excluding hydrogens is 172 g/mol. The molecule has 0 aliphatic carbocycles. The predicted molar refractivity (Wildman–Crippen MR) is 61.2 cm³/mol. The van der Waals surface area contributed by atoms with Gasteiger partial charge in [0.25, 0.3) is 0 Å². The fraction of sp³-hybridized carbons (Fsp3) is 0.167. The largest absolute Gasteiger partial charge is 0.321 e. The number of nitrogens with one attached hydrogen (secondary N) is 2. The standard InChI is InChI=1S/C12H14N2/c1-2-13-14-12-9-5-7-10-6-3-4-8-11(10)12/h3-9,13-14H,2H2,1H3. The summed E-state index contributed by atoms with van der Waals surface area (Å²) >= 11 is 0. The van der Waals surface area contributed by atoms with E-state index in [9.17, 15) is 0 Å². The van der Waals surface area contributed by atoms with Crippen molar-refractivity contribution in [2.24, 2.45) is 0 Å². The molecule has 0 fully saturated rings. The van der Waals surface area contributed by atoms with Crippen molar-refractivity contribution in [2.45, 2.75) is 6.92 Å². The Morgan fingerprint density at radius 3 is 2.64 bits per heavy atom. The molecule has 0 saturated heterocycles. The van der Waals surface area contributed by atoms with Gasteiger partial charge in [-0.15, -0.1) is 0 Å². The number of hydrogen-bond acceptors (Lipinski definition) is 2. The Morgan fingerprint density at radius 1 is 1.00 bits per heavy atom. The van der Waals surface area contributed by atoms with E-state index in [-0.39, 0.29) is 0 Å². The van der Waals surface area contributed by atoms with Gasteiger partial charge in [-0.1, -0.05) is 43.3 Å². The van der Waals surface area contributed by atoms with Crippen LogP contribution in [0.2, 0.25) is 0 Å². The maximum absolute atomic E-state index is 3.19. The first-order valence-corrected chi connectivity index (χ1v) is 4.88. The lowest BCUT2D eigenvalue weighted by Crippen LogP contribution is -2.20. The SMILES string of the molecule is CCNNc1cccc2ccccc12. The van der Waals surface area contributed by atoms with Crippen LogP contribution < -0.4 is 10.9 Å². The van der Waals surface area contributed by atoms with Crippen LogP contribution >= 0.6 is 0 Å². The first kappa shape index (κ1) is 9.03. The average Bonchev–Trinajstić information content (AvgIpc) is 2.26. The van der Waals surface area contributed by atoms with Crippen molar-refractivity contribution in [1.82, 2.24) is 5.43 Å². The molecule has 2 aromatic rings. The van der Waals surface area contributed by atoms with E-state index in [0.29, 0.717) is 0 Å². The van der Waals surface area contributed by atoms with Crippen LogP contribution in [0.3, 0.4) is 0 Å². The van der Waals surface area contributed by atoms with Gasteiger partial charge in [-0.2, -0.15) is 0 Å². The molecule has 2 N–H and O–H groups in total. The van der Waals surface area contributed by atoms with Crippen LogP contribution in [0.4, 0.5) is 5.69 Å². The van der Waals surface area contributed by atoms with Gasteiger partial charge in [0.2, 0.25) is 0 Å². The zero-order valence-corrected chi connectivity index (χ0v) is 8.25. The highest BCUT2D eigenvalue weighted by molar-refractivity contribution is 5.93. The van der Waals surface area contributed by atoms with E-state index in [1.165, 1.54) is 10.8 Å². The molecular formula is C12H14N2. The molecule has 72 valence electrons. The summed E-state index contributed by atoms with van der Waals surface area (Å²) in [6.07, 6.45) is 0. The summed E-state index contributed by atoms with van der Waals surface area (Å²) in [5.41, 5.74) is 7.42. The second-order valence-corrected chi connectivity index (χ2v) is 3.18. The van der Waals surface area contributed by atoms with Crippen LogP contribution in [0.5, 0.6) is 0 Å². The van der Waals surface area contributed by atoms with Crippen molar-refractivity contribution in [1.29, 1.82) is 0 Å². The summed E-state index contributed by atoms with van der Waals surface area (Å²) in [6, 6.07) is 14.6. The molecule has 0 aliphatic rings. The van der Waals surface area contributed by atoms with Crippen molar-refractivity contribution in [3.8, 4) is 0 Å². The molecule has 0 atom stereocenters. The average molecular weight is 186 g/mol. The van der Waals surface area contributed by atoms with Crippen LogP contribution in [0.15, 0.2) is 42.5 Å². The smallest absolute Gasteiger partial charge is 0.0565 e. The van der Waals surface area contributed by atoms with Gasteiger partial charge >= 0.3 is 0 Å². The third-order valence-electron chi connectivity index (χ3n) is 2.19. The molecule has 0 spiro atoms. The minimum Gasteiger partial charge on any atom is -0.321 e. The highest BCUT2D eigenvalue weighted by Gasteiger charge is 1.97. The first-order chi connectivity index (χ1) is 6.92. The van der Waals surface area contributed by atoms with E-state index in [4.69, 9.17) is 0 Å². The normalized spacial score (nSPS) is 10.4. The summed E-state index contributed by atoms with van der Waals surface area (Å²) in [4.78, 5) is 0. The third kappa shape index (κ3) is 1.70. The Hall–Kier alpha value is -1.54. The molecule has 0 aliphatic heterocycles. The van der Waals surface area contributed by atoms with E-state index in [2.05, 4.69) is 60.2 Å². The van der Waals surface area contributed by atoms with Crippen molar-refractivity contribution in [3.05, 3.63) is 42.5 Å². The quantitative estimate of drug-likeness (QED) is 0.720. The van der Waals surface area contributed by atoms with E-state index in [0.717, 1.165) is 12.2 Å². The zero-order chi connectivity index (χ0) is 9.80. The number of rotatable bonds is 3. The molecule has 0 radical (unpaired) electrons. The number of hydrogen-bond donors (Lipinski definition) is 2. The van der Waals surface area contributed by atoms with E-state index in [1.54, 1.807) is 0 Å². The number of hydrazine groups is 1. The van der Waals surface area contributed by atoms with Crippen molar-refractivity contribution >= 4 is 16.5 Å². The Kier molecular flexibility index (Phi) is 2.65. The Labute approximate surface area is 83.9 Å². The van der Waals surface area contributed by atoms with Crippen LogP contribution in [0.25, 0.3) is 10.8 Å². The van der Waals surface area contributed by atoms with Gasteiger partial charge in [0.15, 0.2) is 0 Å². The van der Waals surface area contributed by atoms with Gasteiger partial charge in [0, 0.05) is 11.9 Å². The van der Waals surface area contributed by atoms with Crippen LogP contribution in [-0.4, -0.2) is 6.54 Å². The Bertz CT molecular complexity index is 418. The second-order valence-electron chi connectivity index (χ2n) is 3.18. The molecule has 0 aromatic heterocycles. The van der Waals surface area contributed by atoms with E-state index >= 15 is 0 Å². The van der Waals surface area contributed by atoms with Crippen molar-refractivity contribution < 1.29 is 0 Å². The maximum Gasteiger partial charge on any atom is 0.0565 e. The third-order valence-corrected chi connectivity index (χ3v) is 2.19. The van der Waals surface area contributed by atoms with Crippen LogP contribution in [-0.2, 0) is 0 Å². The minimum atomic E-state index is 0.906. The molecule has 2 nitrogen and oxygen atoms in total. The van der Waals surface area contributed by atoms with Gasteiger partial charge in [-0.25, -0.2) is 5.43 Å². The van der Waals surface area contributed by atoms with Gasteiger partial charge in [-0.3, -0.25) is 0 Å². The zero-order valence-electron chi connectivity index (χ0n) is 8.25. The summed E-state index contributed by atoms with van der Waals surface area (Å²) in [5.74, 6) is 0. The number of fused-ring (bicyclic) bond motifs is 1. The molecule has 2 aromatic carbocycles. The molecule has 0 amide bonds. The topological polar surface area (TPSA) is 24.1 Å². The highest BCUT2D eigenvalue weighted by Crippen LogP contribution is 2.21. The van der Waals surface area contributed by atoms with E-state index < -0.39 is 0 Å². The Balaban J connectivity index is 2.43.